The van der Waals surface area contributed by atoms with Crippen molar-refractivity contribution >= 4 is 5.97 Å². The highest BCUT2D eigenvalue weighted by molar-refractivity contribution is 5.85. The zero-order valence-corrected chi connectivity index (χ0v) is 8.95. The average Bonchev–Trinajstić information content (AvgIpc) is 2.14. The molecule has 0 spiro atoms. The van der Waals surface area contributed by atoms with Gasteiger partial charge in [0, 0.05) is 6.07 Å². The molecular formula is C9H9F3N2O3. The third-order valence-electron chi connectivity index (χ3n) is 1.53. The summed E-state index contributed by atoms with van der Waals surface area (Å²) in [5, 5.41) is 8.62. The first-order chi connectivity index (χ1) is 7.70. The smallest absolute Gasteiger partial charge is 0.451 e. The molecule has 0 saturated heterocycles. The van der Waals surface area contributed by atoms with Gasteiger partial charge in [-0.05, 0) is 13.8 Å². The fourth-order valence-corrected chi connectivity index (χ4v) is 0.963. The predicted molar refractivity (Wildman–Crippen MR) is 49.8 cm³/mol. The Morgan fingerprint density at radius 3 is 2.41 bits per heavy atom. The second-order valence-electron chi connectivity index (χ2n) is 3.38. The molecule has 1 aromatic rings. The SMILES string of the molecule is CC(C)Oc1cc(C(=O)O)nc(C(F)(F)F)n1. The van der Waals surface area contributed by atoms with Gasteiger partial charge >= 0.3 is 12.1 Å². The van der Waals surface area contributed by atoms with Crippen molar-refractivity contribution in [3.63, 3.8) is 0 Å². The lowest BCUT2D eigenvalue weighted by Crippen LogP contribution is -2.17. The van der Waals surface area contributed by atoms with Gasteiger partial charge in [0.2, 0.25) is 11.7 Å². The Bertz CT molecular complexity index is 432. The number of nitrogens with zero attached hydrogens (tertiary/aromatic N) is 2. The van der Waals surface area contributed by atoms with Crippen LogP contribution in [0, 0.1) is 0 Å². The van der Waals surface area contributed by atoms with Crippen LogP contribution in [0.5, 0.6) is 5.88 Å². The molecule has 0 aliphatic carbocycles. The third kappa shape index (κ3) is 3.58. The van der Waals surface area contributed by atoms with Crippen molar-refractivity contribution in [1.29, 1.82) is 0 Å². The Morgan fingerprint density at radius 2 is 2.00 bits per heavy atom. The van der Waals surface area contributed by atoms with Crippen molar-refractivity contribution in [2.45, 2.75) is 26.1 Å². The molecule has 17 heavy (non-hydrogen) atoms. The number of hydrogen-bond donors (Lipinski definition) is 1. The molecule has 5 nitrogen and oxygen atoms in total. The highest BCUT2D eigenvalue weighted by Crippen LogP contribution is 2.27. The summed E-state index contributed by atoms with van der Waals surface area (Å²) >= 11 is 0. The summed E-state index contributed by atoms with van der Waals surface area (Å²) in [6.07, 6.45) is -5.24. The van der Waals surface area contributed by atoms with E-state index in [0.717, 1.165) is 6.07 Å². The van der Waals surface area contributed by atoms with Crippen LogP contribution in [0.3, 0.4) is 0 Å². The molecule has 94 valence electrons. The fraction of sp³-hybridized carbons (Fsp3) is 0.444. The molecule has 0 aromatic carbocycles. The first-order valence-electron chi connectivity index (χ1n) is 4.56. The molecule has 0 bridgehead atoms. The molecule has 1 aromatic heterocycles. The van der Waals surface area contributed by atoms with Gasteiger partial charge in [-0.25, -0.2) is 9.78 Å². The van der Waals surface area contributed by atoms with Crippen LogP contribution >= 0.6 is 0 Å². The van der Waals surface area contributed by atoms with Crippen molar-refractivity contribution in [2.75, 3.05) is 0 Å². The van der Waals surface area contributed by atoms with Crippen molar-refractivity contribution in [3.8, 4) is 5.88 Å². The Kier molecular flexibility index (Phi) is 3.54. The van der Waals surface area contributed by atoms with Gasteiger partial charge in [0.1, 0.15) is 0 Å². The van der Waals surface area contributed by atoms with Crippen molar-refractivity contribution in [1.82, 2.24) is 9.97 Å². The Morgan fingerprint density at radius 1 is 1.41 bits per heavy atom. The second-order valence-corrected chi connectivity index (χ2v) is 3.38. The number of aromatic carboxylic acids is 1. The molecule has 1 heterocycles. The van der Waals surface area contributed by atoms with Gasteiger partial charge in [0.05, 0.1) is 6.10 Å². The van der Waals surface area contributed by atoms with Crippen LogP contribution in [-0.4, -0.2) is 27.1 Å². The topological polar surface area (TPSA) is 72.3 Å². The minimum atomic E-state index is -4.82. The lowest BCUT2D eigenvalue weighted by Gasteiger charge is -2.11. The molecule has 1 N–H and O–H groups in total. The lowest BCUT2D eigenvalue weighted by atomic mass is 10.4. The summed E-state index contributed by atoms with van der Waals surface area (Å²) < 4.78 is 42.1. The van der Waals surface area contributed by atoms with E-state index in [0.29, 0.717) is 0 Å². The van der Waals surface area contributed by atoms with Gasteiger partial charge in [-0.2, -0.15) is 18.2 Å². The van der Waals surface area contributed by atoms with Gasteiger partial charge in [-0.3, -0.25) is 0 Å². The van der Waals surface area contributed by atoms with E-state index in [2.05, 4.69) is 9.97 Å². The minimum absolute atomic E-state index is 0.417. The Hall–Kier alpha value is -1.86. The molecule has 0 aliphatic rings. The van der Waals surface area contributed by atoms with E-state index >= 15 is 0 Å². The molecule has 0 aliphatic heterocycles. The number of hydrogen-bond acceptors (Lipinski definition) is 4. The van der Waals surface area contributed by atoms with Gasteiger partial charge < -0.3 is 9.84 Å². The van der Waals surface area contributed by atoms with E-state index in [1.54, 1.807) is 13.8 Å². The number of carboxylic acids is 1. The van der Waals surface area contributed by atoms with Gasteiger partial charge in [0.15, 0.2) is 5.69 Å². The van der Waals surface area contributed by atoms with E-state index in [9.17, 15) is 18.0 Å². The van der Waals surface area contributed by atoms with Crippen LogP contribution in [0.2, 0.25) is 0 Å². The van der Waals surface area contributed by atoms with Gasteiger partial charge in [0.25, 0.3) is 0 Å². The van der Waals surface area contributed by atoms with E-state index in [4.69, 9.17) is 9.84 Å². The largest absolute Gasteiger partial charge is 0.477 e. The zero-order chi connectivity index (χ0) is 13.2. The number of alkyl halides is 3. The van der Waals surface area contributed by atoms with Crippen molar-refractivity contribution < 1.29 is 27.8 Å². The van der Waals surface area contributed by atoms with Crippen LogP contribution in [0.1, 0.15) is 30.2 Å². The van der Waals surface area contributed by atoms with Crippen LogP contribution in [0.4, 0.5) is 13.2 Å². The van der Waals surface area contributed by atoms with Crippen molar-refractivity contribution in [2.24, 2.45) is 0 Å². The minimum Gasteiger partial charge on any atom is -0.477 e. The first kappa shape index (κ1) is 13.2. The van der Waals surface area contributed by atoms with E-state index in [1.807, 2.05) is 0 Å². The molecule has 8 heteroatoms. The summed E-state index contributed by atoms with van der Waals surface area (Å²) in [4.78, 5) is 16.6. The van der Waals surface area contributed by atoms with E-state index < -0.39 is 35.6 Å². The maximum absolute atomic E-state index is 12.4. The Balaban J connectivity index is 3.24. The van der Waals surface area contributed by atoms with Crippen LogP contribution in [-0.2, 0) is 6.18 Å². The number of aromatic nitrogens is 2. The number of carbonyl (C=O) groups is 1. The fourth-order valence-electron chi connectivity index (χ4n) is 0.963. The summed E-state index contributed by atoms with van der Waals surface area (Å²) in [6, 6.07) is 0.845. The number of halogens is 3. The second kappa shape index (κ2) is 4.56. The molecular weight excluding hydrogens is 241 g/mol. The number of rotatable bonds is 3. The zero-order valence-electron chi connectivity index (χ0n) is 8.95. The molecule has 0 radical (unpaired) electrons. The lowest BCUT2D eigenvalue weighted by molar-refractivity contribution is -0.145. The van der Waals surface area contributed by atoms with Gasteiger partial charge in [-0.15, -0.1) is 0 Å². The normalized spacial score (nSPS) is 11.6. The molecule has 0 amide bonds. The van der Waals surface area contributed by atoms with Gasteiger partial charge in [-0.1, -0.05) is 0 Å². The maximum atomic E-state index is 12.4. The maximum Gasteiger partial charge on any atom is 0.451 e. The predicted octanol–water partition coefficient (Wildman–Crippen LogP) is 1.98. The van der Waals surface area contributed by atoms with Crippen LogP contribution in [0.15, 0.2) is 6.07 Å². The molecule has 0 atom stereocenters. The van der Waals surface area contributed by atoms with E-state index in [-0.39, 0.29) is 0 Å². The highest BCUT2D eigenvalue weighted by Gasteiger charge is 2.36. The average molecular weight is 250 g/mol. The summed E-state index contributed by atoms with van der Waals surface area (Å²) in [5.41, 5.74) is -0.761. The quantitative estimate of drug-likeness (QED) is 0.887. The summed E-state index contributed by atoms with van der Waals surface area (Å²) in [5.74, 6) is -3.53. The molecule has 0 saturated carbocycles. The molecule has 1 rings (SSSR count). The van der Waals surface area contributed by atoms with Crippen LogP contribution < -0.4 is 4.74 Å². The monoisotopic (exact) mass is 250 g/mol. The van der Waals surface area contributed by atoms with Crippen LogP contribution in [0.25, 0.3) is 0 Å². The Labute approximate surface area is 94.3 Å². The third-order valence-corrected chi connectivity index (χ3v) is 1.53. The first-order valence-corrected chi connectivity index (χ1v) is 4.56. The molecule has 0 fully saturated rings. The number of carboxylic acid groups (broad SMARTS) is 1. The summed E-state index contributed by atoms with van der Waals surface area (Å²) in [6.45, 7) is 3.16. The number of ether oxygens (including phenoxy) is 1. The van der Waals surface area contributed by atoms with E-state index in [1.165, 1.54) is 0 Å². The van der Waals surface area contributed by atoms with Crippen molar-refractivity contribution in [3.05, 3.63) is 17.6 Å². The standard InChI is InChI=1S/C9H9F3N2O3/c1-4(2)17-6-3-5(7(15)16)13-8(14-6)9(10,11)12/h3-4H,1-2H3,(H,15,16). The summed E-state index contributed by atoms with van der Waals surface area (Å²) in [7, 11) is 0. The molecule has 0 unspecified atom stereocenters. The highest BCUT2D eigenvalue weighted by atomic mass is 19.4.